The summed E-state index contributed by atoms with van der Waals surface area (Å²) in [5.41, 5.74) is 2.13. The van der Waals surface area contributed by atoms with Gasteiger partial charge in [0.2, 0.25) is 21.9 Å². The van der Waals surface area contributed by atoms with E-state index < -0.39 is 22.5 Å². The predicted molar refractivity (Wildman–Crippen MR) is 147 cm³/mol. The highest BCUT2D eigenvalue weighted by Gasteiger charge is 2.26. The number of carbonyl (C=O) groups is 1. The molecule has 38 heavy (non-hydrogen) atoms. The Morgan fingerprint density at radius 3 is 2.08 bits per heavy atom. The molecule has 0 aliphatic heterocycles. The van der Waals surface area contributed by atoms with E-state index in [9.17, 15) is 13.2 Å². The van der Waals surface area contributed by atoms with Gasteiger partial charge in [0, 0.05) is 29.0 Å². The number of sulfonamides is 1. The number of benzene rings is 3. The van der Waals surface area contributed by atoms with Crippen LogP contribution in [-0.2, 0) is 14.8 Å². The Labute approximate surface area is 226 Å². The van der Waals surface area contributed by atoms with Crippen LogP contribution in [0, 0.1) is 0 Å². The normalized spacial score (nSPS) is 11.4. The average Bonchev–Trinajstić information content (AvgIpc) is 3.35. The lowest BCUT2D eigenvalue weighted by molar-refractivity contribution is -0.116. The van der Waals surface area contributed by atoms with Crippen LogP contribution in [0.25, 0.3) is 16.9 Å². The molecule has 4 rings (SSSR count). The van der Waals surface area contributed by atoms with Crippen LogP contribution in [0.15, 0.2) is 83.9 Å². The first-order valence-electron chi connectivity index (χ1n) is 11.7. The largest absolute Gasteiger partial charge is 0.497 e. The molecule has 0 radical (unpaired) electrons. The zero-order chi connectivity index (χ0) is 27.3. The molecule has 0 fully saturated rings. The molecule has 0 atom stereocenters. The number of ether oxygens (including phenoxy) is 2. The summed E-state index contributed by atoms with van der Waals surface area (Å²) in [6.07, 6.45) is 1.78. The van der Waals surface area contributed by atoms with Crippen LogP contribution < -0.4 is 14.8 Å². The molecule has 0 unspecified atom stereocenters. The van der Waals surface area contributed by atoms with Crippen molar-refractivity contribution in [1.82, 2.24) is 13.9 Å². The number of rotatable bonds is 10. The molecule has 0 bridgehead atoms. The number of aromatic nitrogens is 2. The second-order valence-electron chi connectivity index (χ2n) is 8.18. The Kier molecular flexibility index (Phi) is 8.35. The van der Waals surface area contributed by atoms with E-state index in [0.29, 0.717) is 22.2 Å². The quantitative estimate of drug-likeness (QED) is 0.300. The van der Waals surface area contributed by atoms with E-state index in [1.807, 2.05) is 24.3 Å². The number of hydrogen-bond acceptors (Lipinski definition) is 6. The van der Waals surface area contributed by atoms with E-state index in [0.717, 1.165) is 15.6 Å². The highest BCUT2D eigenvalue weighted by atomic mass is 35.5. The Hall–Kier alpha value is -3.86. The van der Waals surface area contributed by atoms with Crippen molar-refractivity contribution < 1.29 is 22.7 Å². The second kappa shape index (κ2) is 11.7. The smallest absolute Gasteiger partial charge is 0.243 e. The average molecular weight is 555 g/mol. The SMILES string of the molecule is CCN(CC(=O)Nc1nc(-c2ccc(Cl)cc2)cn1-c1ccc(OC)cc1)S(=O)(=O)c1ccc(OC)cc1. The fraction of sp³-hybridized carbons (Fsp3) is 0.185. The molecule has 0 aliphatic carbocycles. The molecule has 1 heterocycles. The van der Waals surface area contributed by atoms with Gasteiger partial charge in [0.15, 0.2) is 0 Å². The van der Waals surface area contributed by atoms with Gasteiger partial charge in [0.25, 0.3) is 0 Å². The number of methoxy groups -OCH3 is 2. The zero-order valence-electron chi connectivity index (χ0n) is 21.1. The van der Waals surface area contributed by atoms with Gasteiger partial charge in [-0.25, -0.2) is 13.4 Å². The summed E-state index contributed by atoms with van der Waals surface area (Å²) in [6, 6.07) is 20.4. The molecule has 1 N–H and O–H groups in total. The number of amides is 1. The van der Waals surface area contributed by atoms with E-state index >= 15 is 0 Å². The third-order valence-corrected chi connectivity index (χ3v) is 8.00. The number of hydrogen-bond donors (Lipinski definition) is 1. The summed E-state index contributed by atoms with van der Waals surface area (Å²) in [5.74, 6) is 0.918. The van der Waals surface area contributed by atoms with Crippen LogP contribution in [-0.4, -0.2) is 55.5 Å². The molecule has 4 aromatic rings. The van der Waals surface area contributed by atoms with Crippen molar-refractivity contribution >= 4 is 33.5 Å². The molecule has 0 spiro atoms. The van der Waals surface area contributed by atoms with Crippen molar-refractivity contribution in [3.8, 4) is 28.4 Å². The fourth-order valence-corrected chi connectivity index (χ4v) is 5.29. The lowest BCUT2D eigenvalue weighted by Crippen LogP contribution is -2.38. The molecule has 0 aliphatic rings. The number of nitrogens with one attached hydrogen (secondary N) is 1. The summed E-state index contributed by atoms with van der Waals surface area (Å²) >= 11 is 6.03. The van der Waals surface area contributed by atoms with E-state index in [4.69, 9.17) is 21.1 Å². The van der Waals surface area contributed by atoms with Crippen LogP contribution in [0.4, 0.5) is 5.95 Å². The highest BCUT2D eigenvalue weighted by Crippen LogP contribution is 2.27. The Morgan fingerprint density at radius 1 is 0.947 bits per heavy atom. The minimum Gasteiger partial charge on any atom is -0.497 e. The maximum absolute atomic E-state index is 13.2. The minimum absolute atomic E-state index is 0.0673. The molecule has 0 saturated carbocycles. The van der Waals surface area contributed by atoms with E-state index in [1.54, 1.807) is 61.2 Å². The zero-order valence-corrected chi connectivity index (χ0v) is 22.7. The number of halogens is 1. The lowest BCUT2D eigenvalue weighted by atomic mass is 10.2. The van der Waals surface area contributed by atoms with Gasteiger partial charge in [0.1, 0.15) is 11.5 Å². The van der Waals surface area contributed by atoms with Crippen molar-refractivity contribution in [3.63, 3.8) is 0 Å². The van der Waals surface area contributed by atoms with Crippen LogP contribution in [0.1, 0.15) is 6.92 Å². The number of likely N-dealkylation sites (N-methyl/N-ethyl adjacent to an activating group) is 1. The van der Waals surface area contributed by atoms with Crippen molar-refractivity contribution in [3.05, 3.63) is 84.0 Å². The highest BCUT2D eigenvalue weighted by molar-refractivity contribution is 7.89. The van der Waals surface area contributed by atoms with Crippen LogP contribution in [0.5, 0.6) is 11.5 Å². The van der Waals surface area contributed by atoms with Gasteiger partial charge in [-0.3, -0.25) is 14.7 Å². The van der Waals surface area contributed by atoms with Gasteiger partial charge in [-0.05, 0) is 60.7 Å². The monoisotopic (exact) mass is 554 g/mol. The lowest BCUT2D eigenvalue weighted by Gasteiger charge is -2.20. The second-order valence-corrected chi connectivity index (χ2v) is 10.6. The molecule has 3 aromatic carbocycles. The van der Waals surface area contributed by atoms with E-state index in [2.05, 4.69) is 10.3 Å². The number of carbonyl (C=O) groups excluding carboxylic acids is 1. The van der Waals surface area contributed by atoms with Gasteiger partial charge < -0.3 is 9.47 Å². The molecular weight excluding hydrogens is 528 g/mol. The van der Waals surface area contributed by atoms with E-state index in [-0.39, 0.29) is 17.4 Å². The van der Waals surface area contributed by atoms with Crippen molar-refractivity contribution in [2.24, 2.45) is 0 Å². The van der Waals surface area contributed by atoms with Gasteiger partial charge >= 0.3 is 0 Å². The first-order chi connectivity index (χ1) is 18.2. The summed E-state index contributed by atoms with van der Waals surface area (Å²) in [7, 11) is -0.832. The molecule has 1 amide bonds. The number of nitrogens with zero attached hydrogens (tertiary/aromatic N) is 3. The minimum atomic E-state index is -3.91. The maximum atomic E-state index is 13.2. The first-order valence-corrected chi connectivity index (χ1v) is 13.5. The number of imidazole rings is 1. The van der Waals surface area contributed by atoms with Crippen LogP contribution in [0.2, 0.25) is 5.02 Å². The molecule has 198 valence electrons. The summed E-state index contributed by atoms with van der Waals surface area (Å²) in [6.45, 7) is 1.38. The maximum Gasteiger partial charge on any atom is 0.243 e. The topological polar surface area (TPSA) is 103 Å². The van der Waals surface area contributed by atoms with Gasteiger partial charge in [-0.1, -0.05) is 30.7 Å². The third kappa shape index (κ3) is 5.99. The molecular formula is C27H27ClN4O5S. The van der Waals surface area contributed by atoms with Gasteiger partial charge in [0.05, 0.1) is 31.4 Å². The van der Waals surface area contributed by atoms with Crippen molar-refractivity contribution in [2.45, 2.75) is 11.8 Å². The Morgan fingerprint density at radius 2 is 1.53 bits per heavy atom. The Balaban J connectivity index is 1.61. The molecule has 9 nitrogen and oxygen atoms in total. The summed E-state index contributed by atoms with van der Waals surface area (Å²) < 4.78 is 39.5. The molecule has 0 saturated heterocycles. The molecule has 1 aromatic heterocycles. The van der Waals surface area contributed by atoms with E-state index in [1.165, 1.54) is 19.2 Å². The third-order valence-electron chi connectivity index (χ3n) is 5.82. The number of anilines is 1. The molecule has 11 heteroatoms. The van der Waals surface area contributed by atoms with Crippen molar-refractivity contribution in [2.75, 3.05) is 32.6 Å². The van der Waals surface area contributed by atoms with Gasteiger partial charge in [-0.2, -0.15) is 4.31 Å². The van der Waals surface area contributed by atoms with Crippen LogP contribution >= 0.6 is 11.6 Å². The van der Waals surface area contributed by atoms with Crippen LogP contribution in [0.3, 0.4) is 0 Å². The summed E-state index contributed by atoms with van der Waals surface area (Å²) in [4.78, 5) is 17.8. The fourth-order valence-electron chi connectivity index (χ4n) is 3.76. The van der Waals surface area contributed by atoms with Crippen molar-refractivity contribution in [1.29, 1.82) is 0 Å². The van der Waals surface area contributed by atoms with Gasteiger partial charge in [-0.15, -0.1) is 0 Å². The first kappa shape index (κ1) is 27.2. The predicted octanol–water partition coefficient (Wildman–Crippen LogP) is 4.86. The summed E-state index contributed by atoms with van der Waals surface area (Å²) in [5, 5.41) is 3.37. The standard InChI is InChI=1S/C27H27ClN4O5S/c1-4-31(38(34,35)24-15-13-23(37-3)14-16-24)18-26(33)30-27-29-25(19-5-7-20(28)8-6-19)17-32(27)21-9-11-22(36-2)12-10-21/h5-17H,4,18H2,1-3H3,(H,29,30,33). The Bertz CT molecular complexity index is 1500.